The second-order valence-corrected chi connectivity index (χ2v) is 4.81. The molecule has 0 spiro atoms. The Morgan fingerprint density at radius 3 is 2.73 bits per heavy atom. The Balaban J connectivity index is 3.05. The maximum Gasteiger partial charge on any atom is 0.262 e. The molecule has 116 valence electrons. The van der Waals surface area contributed by atoms with E-state index in [2.05, 4.69) is 11.9 Å². The van der Waals surface area contributed by atoms with Gasteiger partial charge in [0.2, 0.25) is 0 Å². The van der Waals surface area contributed by atoms with E-state index < -0.39 is 5.91 Å². The number of nitrogens with one attached hydrogen (secondary N) is 1. The number of hydrogen-bond donors (Lipinski definition) is 1. The molecule has 0 radical (unpaired) electrons. The minimum Gasteiger partial charge on any atom is -0.493 e. The highest BCUT2D eigenvalue weighted by molar-refractivity contribution is 6.01. The summed E-state index contributed by atoms with van der Waals surface area (Å²) in [5.74, 6) is 0.699. The summed E-state index contributed by atoms with van der Waals surface area (Å²) >= 11 is 0. The van der Waals surface area contributed by atoms with Crippen molar-refractivity contribution in [2.75, 3.05) is 13.7 Å². The van der Waals surface area contributed by atoms with Crippen LogP contribution in [0, 0.1) is 11.3 Å². The van der Waals surface area contributed by atoms with Crippen LogP contribution in [0.25, 0.3) is 6.08 Å². The zero-order chi connectivity index (χ0) is 16.5. The molecule has 1 aromatic rings. The summed E-state index contributed by atoms with van der Waals surface area (Å²) in [5, 5.41) is 11.8. The molecule has 5 nitrogen and oxygen atoms in total. The molecule has 0 saturated carbocycles. The molecule has 0 bridgehead atoms. The van der Waals surface area contributed by atoms with E-state index in [0.29, 0.717) is 23.7 Å². The highest BCUT2D eigenvalue weighted by atomic mass is 16.5. The average Bonchev–Trinajstić information content (AvgIpc) is 2.50. The van der Waals surface area contributed by atoms with Crippen LogP contribution < -0.4 is 14.8 Å². The van der Waals surface area contributed by atoms with Crippen LogP contribution in [0.4, 0.5) is 0 Å². The van der Waals surface area contributed by atoms with Crippen LogP contribution in [0.5, 0.6) is 11.5 Å². The number of nitriles is 1. The van der Waals surface area contributed by atoms with E-state index in [-0.39, 0.29) is 11.6 Å². The third-order valence-corrected chi connectivity index (χ3v) is 2.64. The predicted molar refractivity (Wildman–Crippen MR) is 85.6 cm³/mol. The molecule has 1 amide bonds. The number of benzene rings is 1. The number of methoxy groups -OCH3 is 1. The van der Waals surface area contributed by atoms with Crippen LogP contribution in [-0.4, -0.2) is 25.7 Å². The first-order valence-corrected chi connectivity index (χ1v) is 6.86. The lowest BCUT2D eigenvalue weighted by molar-refractivity contribution is -0.117. The number of rotatable bonds is 7. The highest BCUT2D eigenvalue weighted by Crippen LogP contribution is 2.28. The lowest BCUT2D eigenvalue weighted by atomic mass is 10.1. The topological polar surface area (TPSA) is 71.3 Å². The maximum atomic E-state index is 11.9. The number of carbonyl (C=O) groups excluding carboxylic acids is 1. The second-order valence-electron chi connectivity index (χ2n) is 4.81. The summed E-state index contributed by atoms with van der Waals surface area (Å²) in [7, 11) is 1.53. The standard InChI is InChI=1S/C17H20N2O3/c1-5-8-22-15-7-6-13(10-16(15)21-4)9-14(11-18)17(20)19-12(2)3/h5-7,9-10,12H,1,8H2,2-4H3,(H,19,20)/b14-9-. The summed E-state index contributed by atoms with van der Waals surface area (Å²) in [6, 6.07) is 7.06. The number of amides is 1. The van der Waals surface area contributed by atoms with E-state index in [1.807, 2.05) is 19.9 Å². The van der Waals surface area contributed by atoms with Crippen molar-refractivity contribution in [3.8, 4) is 17.6 Å². The monoisotopic (exact) mass is 300 g/mol. The summed E-state index contributed by atoms with van der Waals surface area (Å²) in [6.45, 7) is 7.62. The van der Waals surface area contributed by atoms with Crippen LogP contribution in [0.3, 0.4) is 0 Å². The molecule has 1 N–H and O–H groups in total. The molecule has 22 heavy (non-hydrogen) atoms. The van der Waals surface area contributed by atoms with Gasteiger partial charge in [-0.15, -0.1) is 0 Å². The van der Waals surface area contributed by atoms with Crippen molar-refractivity contribution in [2.45, 2.75) is 19.9 Å². The molecular formula is C17H20N2O3. The fraction of sp³-hybridized carbons (Fsp3) is 0.294. The summed E-state index contributed by atoms with van der Waals surface area (Å²) in [5.41, 5.74) is 0.716. The first-order valence-electron chi connectivity index (χ1n) is 6.86. The zero-order valence-electron chi connectivity index (χ0n) is 13.1. The lowest BCUT2D eigenvalue weighted by Crippen LogP contribution is -2.30. The van der Waals surface area contributed by atoms with Crippen LogP contribution >= 0.6 is 0 Å². The van der Waals surface area contributed by atoms with E-state index in [9.17, 15) is 4.79 Å². The van der Waals surface area contributed by atoms with E-state index in [1.165, 1.54) is 13.2 Å². The second kappa shape index (κ2) is 8.53. The minimum atomic E-state index is -0.400. The van der Waals surface area contributed by atoms with Gasteiger partial charge in [0, 0.05) is 6.04 Å². The van der Waals surface area contributed by atoms with Gasteiger partial charge in [-0.1, -0.05) is 18.7 Å². The van der Waals surface area contributed by atoms with Crippen molar-refractivity contribution in [3.63, 3.8) is 0 Å². The Bertz CT molecular complexity index is 613. The van der Waals surface area contributed by atoms with E-state index in [4.69, 9.17) is 14.7 Å². The summed E-state index contributed by atoms with van der Waals surface area (Å²) < 4.78 is 10.7. The Morgan fingerprint density at radius 2 is 2.18 bits per heavy atom. The molecular weight excluding hydrogens is 280 g/mol. The number of carbonyl (C=O) groups is 1. The van der Waals surface area contributed by atoms with Crippen LogP contribution in [0.2, 0.25) is 0 Å². The number of ether oxygens (including phenoxy) is 2. The van der Waals surface area contributed by atoms with Crippen molar-refractivity contribution < 1.29 is 14.3 Å². The van der Waals surface area contributed by atoms with Gasteiger partial charge in [0.1, 0.15) is 18.2 Å². The van der Waals surface area contributed by atoms with Crippen molar-refractivity contribution in [3.05, 3.63) is 42.0 Å². The summed E-state index contributed by atoms with van der Waals surface area (Å²) in [6.07, 6.45) is 3.15. The Hall–Kier alpha value is -2.74. The fourth-order valence-corrected chi connectivity index (χ4v) is 1.70. The molecule has 5 heteroatoms. The molecule has 1 aromatic carbocycles. The molecule has 0 unspecified atom stereocenters. The average molecular weight is 300 g/mol. The van der Waals surface area contributed by atoms with Gasteiger partial charge in [-0.3, -0.25) is 4.79 Å². The van der Waals surface area contributed by atoms with Gasteiger partial charge in [-0.2, -0.15) is 5.26 Å². The minimum absolute atomic E-state index is 0.0338. The number of nitrogens with zero attached hydrogens (tertiary/aromatic N) is 1. The third-order valence-electron chi connectivity index (χ3n) is 2.64. The van der Waals surface area contributed by atoms with Gasteiger partial charge in [-0.25, -0.2) is 0 Å². The molecule has 0 aliphatic rings. The van der Waals surface area contributed by atoms with Gasteiger partial charge in [0.05, 0.1) is 7.11 Å². The molecule has 0 heterocycles. The van der Waals surface area contributed by atoms with Crippen molar-refractivity contribution in [2.24, 2.45) is 0 Å². The maximum absolute atomic E-state index is 11.9. The van der Waals surface area contributed by atoms with Crippen molar-refractivity contribution >= 4 is 12.0 Å². The first-order chi connectivity index (χ1) is 10.5. The molecule has 0 fully saturated rings. The van der Waals surface area contributed by atoms with Crippen LogP contribution in [0.1, 0.15) is 19.4 Å². The number of hydrogen-bond acceptors (Lipinski definition) is 4. The molecule has 0 aromatic heterocycles. The highest BCUT2D eigenvalue weighted by Gasteiger charge is 2.11. The smallest absolute Gasteiger partial charge is 0.262 e. The van der Waals surface area contributed by atoms with E-state index >= 15 is 0 Å². The first kappa shape index (κ1) is 17.3. The predicted octanol–water partition coefficient (Wildman–Crippen LogP) is 2.69. The largest absolute Gasteiger partial charge is 0.493 e. The van der Waals surface area contributed by atoms with Gasteiger partial charge >= 0.3 is 0 Å². The van der Waals surface area contributed by atoms with Crippen molar-refractivity contribution in [1.82, 2.24) is 5.32 Å². The zero-order valence-corrected chi connectivity index (χ0v) is 13.1. The Kier molecular flexibility index (Phi) is 6.71. The molecule has 0 saturated heterocycles. The lowest BCUT2D eigenvalue weighted by Gasteiger charge is -2.10. The van der Waals surface area contributed by atoms with Crippen molar-refractivity contribution in [1.29, 1.82) is 5.26 Å². The van der Waals surface area contributed by atoms with Gasteiger partial charge in [0.15, 0.2) is 11.5 Å². The molecule has 0 aliphatic carbocycles. The SMILES string of the molecule is C=CCOc1ccc(/C=C(/C#N)C(=O)NC(C)C)cc1OC. The molecule has 1 rings (SSSR count). The molecule has 0 atom stereocenters. The Labute approximate surface area is 130 Å². The Morgan fingerprint density at radius 1 is 1.45 bits per heavy atom. The molecule has 0 aliphatic heterocycles. The third kappa shape index (κ3) is 4.98. The normalized spacial score (nSPS) is 10.8. The van der Waals surface area contributed by atoms with Crippen LogP contribution in [0.15, 0.2) is 36.4 Å². The van der Waals surface area contributed by atoms with Crippen LogP contribution in [-0.2, 0) is 4.79 Å². The quantitative estimate of drug-likeness (QED) is 0.477. The fourth-order valence-electron chi connectivity index (χ4n) is 1.70. The van der Waals surface area contributed by atoms with Gasteiger partial charge in [-0.05, 0) is 37.6 Å². The van der Waals surface area contributed by atoms with Gasteiger partial charge in [0.25, 0.3) is 5.91 Å². The van der Waals surface area contributed by atoms with Gasteiger partial charge < -0.3 is 14.8 Å². The summed E-state index contributed by atoms with van der Waals surface area (Å²) in [4.78, 5) is 11.9. The van der Waals surface area contributed by atoms with E-state index in [0.717, 1.165) is 0 Å². The van der Waals surface area contributed by atoms with E-state index in [1.54, 1.807) is 24.3 Å².